The summed E-state index contributed by atoms with van der Waals surface area (Å²) in [7, 11) is 0. The van der Waals surface area contributed by atoms with Gasteiger partial charge in [-0.25, -0.2) is 0 Å². The lowest BCUT2D eigenvalue weighted by atomic mass is 9.86. The van der Waals surface area contributed by atoms with Gasteiger partial charge in [0.1, 0.15) is 5.84 Å². The minimum atomic E-state index is -0.517. The number of carbonyl (C=O) groups excluding carboxylic acids is 1. The number of hydrogen-bond acceptors (Lipinski definition) is 3. The molecule has 1 fully saturated rings. The van der Waals surface area contributed by atoms with Crippen molar-refractivity contribution >= 4 is 11.7 Å². The van der Waals surface area contributed by atoms with Crippen molar-refractivity contribution in [3.63, 3.8) is 0 Å². The third kappa shape index (κ3) is 4.55. The first-order valence-electron chi connectivity index (χ1n) is 6.70. The quantitative estimate of drug-likeness (QED) is 0.303. The van der Waals surface area contributed by atoms with Gasteiger partial charge in [-0.15, -0.1) is 0 Å². The first-order valence-corrected chi connectivity index (χ1v) is 6.70. The largest absolute Gasteiger partial charge is 0.409 e. The Balaban J connectivity index is 2.32. The first-order chi connectivity index (χ1) is 8.45. The molecule has 0 unspecified atom stereocenters. The van der Waals surface area contributed by atoms with Crippen LogP contribution in [0.4, 0.5) is 0 Å². The SMILES string of the molecule is CC(C)(CNC(=O)CC1CCCCC1)C(N)=NO. The molecule has 1 saturated carbocycles. The van der Waals surface area contributed by atoms with Gasteiger partial charge >= 0.3 is 0 Å². The number of oxime groups is 1. The fourth-order valence-corrected chi connectivity index (χ4v) is 2.27. The van der Waals surface area contributed by atoms with E-state index in [0.717, 1.165) is 12.8 Å². The zero-order valence-electron chi connectivity index (χ0n) is 11.4. The molecule has 0 aliphatic heterocycles. The maximum atomic E-state index is 11.8. The molecule has 0 heterocycles. The van der Waals surface area contributed by atoms with E-state index in [4.69, 9.17) is 10.9 Å². The van der Waals surface area contributed by atoms with Crippen LogP contribution in [0.5, 0.6) is 0 Å². The molecule has 0 aromatic rings. The molecule has 104 valence electrons. The van der Waals surface area contributed by atoms with E-state index in [9.17, 15) is 4.79 Å². The minimum Gasteiger partial charge on any atom is -0.409 e. The van der Waals surface area contributed by atoms with Crippen LogP contribution in [-0.4, -0.2) is 23.5 Å². The number of rotatable bonds is 5. The summed E-state index contributed by atoms with van der Waals surface area (Å²) in [4.78, 5) is 11.8. The summed E-state index contributed by atoms with van der Waals surface area (Å²) >= 11 is 0. The van der Waals surface area contributed by atoms with Gasteiger partial charge in [0.2, 0.25) is 5.91 Å². The smallest absolute Gasteiger partial charge is 0.220 e. The predicted molar refractivity (Wildman–Crippen MR) is 71.4 cm³/mol. The second-order valence-electron chi connectivity index (χ2n) is 5.85. The van der Waals surface area contributed by atoms with E-state index in [2.05, 4.69) is 10.5 Å². The van der Waals surface area contributed by atoms with E-state index < -0.39 is 5.41 Å². The fourth-order valence-electron chi connectivity index (χ4n) is 2.27. The van der Waals surface area contributed by atoms with Gasteiger partial charge in [-0.05, 0) is 18.8 Å². The van der Waals surface area contributed by atoms with E-state index in [0.29, 0.717) is 18.9 Å². The van der Waals surface area contributed by atoms with Crippen molar-refractivity contribution in [3.05, 3.63) is 0 Å². The third-order valence-corrected chi connectivity index (χ3v) is 3.73. The van der Waals surface area contributed by atoms with Gasteiger partial charge in [0, 0.05) is 18.4 Å². The Morgan fingerprint density at radius 3 is 2.56 bits per heavy atom. The Hall–Kier alpha value is -1.26. The molecule has 0 spiro atoms. The van der Waals surface area contributed by atoms with Gasteiger partial charge < -0.3 is 16.3 Å². The molecule has 0 atom stereocenters. The summed E-state index contributed by atoms with van der Waals surface area (Å²) in [5.74, 6) is 0.742. The summed E-state index contributed by atoms with van der Waals surface area (Å²) in [6.45, 7) is 4.07. The van der Waals surface area contributed by atoms with E-state index in [-0.39, 0.29) is 11.7 Å². The van der Waals surface area contributed by atoms with E-state index in [1.807, 2.05) is 13.8 Å². The number of hydrogen-bond donors (Lipinski definition) is 3. The number of carbonyl (C=O) groups is 1. The highest BCUT2D eigenvalue weighted by Crippen LogP contribution is 2.26. The molecular weight excluding hydrogens is 230 g/mol. The van der Waals surface area contributed by atoms with Gasteiger partial charge in [0.05, 0.1) is 0 Å². The number of nitrogens with two attached hydrogens (primary N) is 1. The molecule has 1 rings (SSSR count). The lowest BCUT2D eigenvalue weighted by Gasteiger charge is -2.25. The van der Waals surface area contributed by atoms with Crippen molar-refractivity contribution in [1.29, 1.82) is 0 Å². The molecule has 0 saturated heterocycles. The molecule has 4 N–H and O–H groups in total. The molecule has 1 amide bonds. The van der Waals surface area contributed by atoms with E-state index in [1.165, 1.54) is 19.3 Å². The van der Waals surface area contributed by atoms with Crippen LogP contribution in [0.25, 0.3) is 0 Å². The number of amides is 1. The fraction of sp³-hybridized carbons (Fsp3) is 0.846. The summed E-state index contributed by atoms with van der Waals surface area (Å²) in [6.07, 6.45) is 6.72. The normalized spacial score (nSPS) is 18.7. The lowest BCUT2D eigenvalue weighted by molar-refractivity contribution is -0.122. The molecule has 1 aliphatic rings. The van der Waals surface area contributed by atoms with Crippen molar-refractivity contribution < 1.29 is 10.0 Å². The highest BCUT2D eigenvalue weighted by molar-refractivity contribution is 5.86. The maximum absolute atomic E-state index is 11.8. The van der Waals surface area contributed by atoms with Gasteiger partial charge in [0.15, 0.2) is 0 Å². The van der Waals surface area contributed by atoms with Crippen molar-refractivity contribution in [2.45, 2.75) is 52.4 Å². The Morgan fingerprint density at radius 2 is 2.00 bits per heavy atom. The average molecular weight is 255 g/mol. The molecule has 1 aliphatic carbocycles. The van der Waals surface area contributed by atoms with Crippen LogP contribution < -0.4 is 11.1 Å². The molecule has 0 aromatic heterocycles. The van der Waals surface area contributed by atoms with Crippen LogP contribution in [0.2, 0.25) is 0 Å². The average Bonchev–Trinajstić information content (AvgIpc) is 2.36. The van der Waals surface area contributed by atoms with E-state index in [1.54, 1.807) is 0 Å². The minimum absolute atomic E-state index is 0.0701. The number of nitrogens with one attached hydrogen (secondary N) is 1. The molecule has 5 heteroatoms. The van der Waals surface area contributed by atoms with Crippen LogP contribution >= 0.6 is 0 Å². The maximum Gasteiger partial charge on any atom is 0.220 e. The van der Waals surface area contributed by atoms with Gasteiger partial charge in [-0.2, -0.15) is 0 Å². The molecule has 0 radical (unpaired) electrons. The highest BCUT2D eigenvalue weighted by atomic mass is 16.4. The van der Waals surface area contributed by atoms with Crippen molar-refractivity contribution in [3.8, 4) is 0 Å². The van der Waals surface area contributed by atoms with Gasteiger partial charge in [0.25, 0.3) is 0 Å². The zero-order chi connectivity index (χ0) is 13.6. The van der Waals surface area contributed by atoms with Crippen LogP contribution in [0.3, 0.4) is 0 Å². The van der Waals surface area contributed by atoms with E-state index >= 15 is 0 Å². The van der Waals surface area contributed by atoms with Crippen LogP contribution in [0.1, 0.15) is 52.4 Å². The second kappa shape index (κ2) is 6.61. The van der Waals surface area contributed by atoms with Crippen molar-refractivity contribution in [2.24, 2.45) is 22.2 Å². The summed E-state index contributed by atoms with van der Waals surface area (Å²) in [5.41, 5.74) is 5.05. The van der Waals surface area contributed by atoms with Crippen molar-refractivity contribution in [1.82, 2.24) is 5.32 Å². The Morgan fingerprint density at radius 1 is 1.39 bits per heavy atom. The standard InChI is InChI=1S/C13H25N3O2/c1-13(2,12(14)16-18)9-15-11(17)8-10-6-4-3-5-7-10/h10,18H,3-9H2,1-2H3,(H2,14,16)(H,15,17). The van der Waals surface area contributed by atoms with Crippen LogP contribution in [0.15, 0.2) is 5.16 Å². The molecule has 0 bridgehead atoms. The molecular formula is C13H25N3O2. The lowest BCUT2D eigenvalue weighted by Crippen LogP contribution is -2.43. The van der Waals surface area contributed by atoms with Crippen LogP contribution in [-0.2, 0) is 4.79 Å². The summed E-state index contributed by atoms with van der Waals surface area (Å²) in [6, 6.07) is 0. The van der Waals surface area contributed by atoms with Gasteiger partial charge in [-0.3, -0.25) is 4.79 Å². The van der Waals surface area contributed by atoms with Gasteiger partial charge in [-0.1, -0.05) is 38.3 Å². The van der Waals surface area contributed by atoms with Crippen LogP contribution in [0, 0.1) is 11.3 Å². The number of nitrogens with zero attached hydrogens (tertiary/aromatic N) is 1. The Bertz CT molecular complexity index is 307. The predicted octanol–water partition coefficient (Wildman–Crippen LogP) is 1.85. The summed E-state index contributed by atoms with van der Waals surface area (Å²) in [5, 5.41) is 14.5. The summed E-state index contributed by atoms with van der Waals surface area (Å²) < 4.78 is 0. The van der Waals surface area contributed by atoms with Crippen molar-refractivity contribution in [2.75, 3.05) is 6.54 Å². The third-order valence-electron chi connectivity index (χ3n) is 3.73. The Labute approximate surface area is 109 Å². The molecule has 5 nitrogen and oxygen atoms in total. The number of amidine groups is 1. The molecule has 0 aromatic carbocycles. The first kappa shape index (κ1) is 14.8. The monoisotopic (exact) mass is 255 g/mol. The second-order valence-corrected chi connectivity index (χ2v) is 5.85. The highest BCUT2D eigenvalue weighted by Gasteiger charge is 2.25. The molecule has 18 heavy (non-hydrogen) atoms. The Kier molecular flexibility index (Phi) is 5.44. The zero-order valence-corrected chi connectivity index (χ0v) is 11.4. The topological polar surface area (TPSA) is 87.7 Å².